The molecule has 0 spiro atoms. The van der Waals surface area contributed by atoms with Crippen molar-refractivity contribution in [3.8, 4) is 0 Å². The van der Waals surface area contributed by atoms with Crippen LogP contribution in [0, 0.1) is 5.21 Å². The lowest BCUT2D eigenvalue weighted by Crippen LogP contribution is -2.28. The predicted molar refractivity (Wildman–Crippen MR) is 34.1 cm³/mol. The molecular formula is C4H6ClN3O2. The Balaban J connectivity index is 3.10. The Labute approximate surface area is 61.9 Å². The van der Waals surface area contributed by atoms with Gasteiger partial charge in [0.1, 0.15) is 5.38 Å². The van der Waals surface area contributed by atoms with E-state index in [0.29, 0.717) is 0 Å². The highest BCUT2D eigenvalue weighted by molar-refractivity contribution is 6.20. The molecule has 56 valence electrons. The van der Waals surface area contributed by atoms with Crippen LogP contribution < -0.4 is 10.6 Å². The Morgan fingerprint density at radius 1 is 1.90 bits per heavy atom. The quantitative estimate of drug-likeness (QED) is 0.474. The highest BCUT2D eigenvalue weighted by Crippen LogP contribution is 2.19. The zero-order valence-electron chi connectivity index (χ0n) is 5.24. The van der Waals surface area contributed by atoms with Crippen LogP contribution in [0.5, 0.6) is 0 Å². The Bertz CT molecular complexity index is 215. The maximum atomic E-state index is 10.6. The largest absolute Gasteiger partial charge is 0.359 e. The van der Waals surface area contributed by atoms with Gasteiger partial charge in [-0.3, -0.25) is 4.63 Å². The van der Waals surface area contributed by atoms with Gasteiger partial charge in [0.25, 0.3) is 0 Å². The zero-order valence-corrected chi connectivity index (χ0v) is 6.00. The fraction of sp³-hybridized carbons (Fsp3) is 0.500. The van der Waals surface area contributed by atoms with Crippen molar-refractivity contribution in [2.45, 2.75) is 12.3 Å². The molecule has 0 bridgehead atoms. The van der Waals surface area contributed by atoms with Gasteiger partial charge in [0.2, 0.25) is 5.69 Å². The third-order valence-electron chi connectivity index (χ3n) is 1.05. The molecule has 0 saturated heterocycles. The van der Waals surface area contributed by atoms with E-state index in [0.717, 1.165) is 0 Å². The average Bonchev–Trinajstić information content (AvgIpc) is 2.11. The molecule has 0 amide bonds. The Kier molecular flexibility index (Phi) is 1.67. The maximum absolute atomic E-state index is 10.6. The minimum absolute atomic E-state index is 0.0394. The van der Waals surface area contributed by atoms with E-state index < -0.39 is 5.38 Å². The summed E-state index contributed by atoms with van der Waals surface area (Å²) in [6.45, 7) is 1.61. The molecule has 1 aromatic heterocycles. The van der Waals surface area contributed by atoms with Crippen LogP contribution in [-0.2, 0) is 0 Å². The van der Waals surface area contributed by atoms with Gasteiger partial charge >= 0.3 is 5.82 Å². The number of halogens is 1. The second-order valence-corrected chi connectivity index (χ2v) is 2.47. The summed E-state index contributed by atoms with van der Waals surface area (Å²) in [5.74, 6) is 0.0394. The molecule has 5 nitrogen and oxygen atoms in total. The van der Waals surface area contributed by atoms with Gasteiger partial charge < -0.3 is 10.9 Å². The number of nitrogens with two attached hydrogens (primary N) is 1. The molecule has 1 heterocycles. The summed E-state index contributed by atoms with van der Waals surface area (Å²) in [5, 5.41) is 13.3. The Morgan fingerprint density at radius 3 is 2.70 bits per heavy atom. The lowest BCUT2D eigenvalue weighted by Gasteiger charge is -1.95. The van der Waals surface area contributed by atoms with Gasteiger partial charge in [0.05, 0.1) is 5.16 Å². The molecule has 0 aliphatic rings. The first kappa shape index (κ1) is 7.14. The SMILES string of the molecule is CC(Cl)c1c(N)no[n+]1[O-]. The molecule has 1 unspecified atom stereocenters. The average molecular weight is 164 g/mol. The van der Waals surface area contributed by atoms with Gasteiger partial charge in [-0.2, -0.15) is 0 Å². The van der Waals surface area contributed by atoms with Crippen LogP contribution in [0.2, 0.25) is 0 Å². The lowest BCUT2D eigenvalue weighted by atomic mass is 10.3. The van der Waals surface area contributed by atoms with E-state index >= 15 is 0 Å². The standard InChI is InChI=1S/C4H6ClN3O2/c1-2(5)3-4(6)7-10-8(3)9/h2H,1H3,(H2,6,7). The van der Waals surface area contributed by atoms with Gasteiger partial charge in [-0.15, -0.1) is 11.6 Å². The van der Waals surface area contributed by atoms with Crippen molar-refractivity contribution >= 4 is 17.4 Å². The molecule has 0 radical (unpaired) electrons. The van der Waals surface area contributed by atoms with Crippen molar-refractivity contribution in [2.24, 2.45) is 0 Å². The molecule has 2 N–H and O–H groups in total. The summed E-state index contributed by atoms with van der Waals surface area (Å²) in [6, 6.07) is 0. The van der Waals surface area contributed by atoms with E-state index in [1.165, 1.54) is 0 Å². The third kappa shape index (κ3) is 0.995. The minimum atomic E-state index is -0.483. The van der Waals surface area contributed by atoms with Crippen molar-refractivity contribution in [2.75, 3.05) is 5.73 Å². The second-order valence-electron chi connectivity index (χ2n) is 1.82. The first-order valence-electron chi connectivity index (χ1n) is 2.62. The van der Waals surface area contributed by atoms with Crippen molar-refractivity contribution in [3.63, 3.8) is 0 Å². The number of hydrogen-bond donors (Lipinski definition) is 1. The number of hydrogen-bond acceptors (Lipinski definition) is 4. The molecule has 6 heteroatoms. The topological polar surface area (TPSA) is 79.0 Å². The molecule has 0 saturated carbocycles. The van der Waals surface area contributed by atoms with E-state index in [1.54, 1.807) is 6.92 Å². The Morgan fingerprint density at radius 2 is 2.50 bits per heavy atom. The fourth-order valence-electron chi connectivity index (χ4n) is 0.614. The first-order valence-corrected chi connectivity index (χ1v) is 3.05. The van der Waals surface area contributed by atoms with Gasteiger partial charge in [0.15, 0.2) is 0 Å². The van der Waals surface area contributed by atoms with E-state index in [9.17, 15) is 5.21 Å². The van der Waals surface area contributed by atoms with Crippen LogP contribution >= 0.6 is 11.6 Å². The van der Waals surface area contributed by atoms with Crippen molar-refractivity contribution in [1.29, 1.82) is 0 Å². The van der Waals surface area contributed by atoms with E-state index in [2.05, 4.69) is 9.79 Å². The van der Waals surface area contributed by atoms with Gasteiger partial charge in [0, 0.05) is 0 Å². The van der Waals surface area contributed by atoms with Crippen LogP contribution in [0.15, 0.2) is 4.63 Å². The number of nitrogens with zero attached hydrogens (tertiary/aromatic N) is 2. The molecule has 10 heavy (non-hydrogen) atoms. The molecule has 0 aliphatic carbocycles. The van der Waals surface area contributed by atoms with Crippen molar-refractivity contribution in [3.05, 3.63) is 10.9 Å². The van der Waals surface area contributed by atoms with Crippen LogP contribution in [-0.4, -0.2) is 5.16 Å². The highest BCUT2D eigenvalue weighted by atomic mass is 35.5. The normalized spacial score (nSPS) is 13.4. The van der Waals surface area contributed by atoms with Gasteiger partial charge in [-0.05, 0) is 11.8 Å². The molecule has 1 aromatic rings. The molecule has 0 aromatic carbocycles. The predicted octanol–water partition coefficient (Wildman–Crippen LogP) is 0.190. The van der Waals surface area contributed by atoms with Crippen molar-refractivity contribution < 1.29 is 9.53 Å². The number of nitrogen functional groups attached to an aromatic ring is 1. The summed E-state index contributed by atoms with van der Waals surface area (Å²) in [6.07, 6.45) is 0. The monoisotopic (exact) mass is 163 g/mol. The molecule has 1 atom stereocenters. The minimum Gasteiger partial charge on any atom is -0.359 e. The van der Waals surface area contributed by atoms with Crippen LogP contribution in [0.25, 0.3) is 0 Å². The van der Waals surface area contributed by atoms with Crippen LogP contribution in [0.4, 0.5) is 5.82 Å². The molecular weight excluding hydrogens is 158 g/mol. The van der Waals surface area contributed by atoms with E-state index in [4.69, 9.17) is 17.3 Å². The zero-order chi connectivity index (χ0) is 7.72. The summed E-state index contributed by atoms with van der Waals surface area (Å²) in [4.78, 5) is 0.201. The summed E-state index contributed by atoms with van der Waals surface area (Å²) < 4.78 is 4.16. The van der Waals surface area contributed by atoms with Gasteiger partial charge in [-0.25, -0.2) is 0 Å². The smallest absolute Gasteiger partial charge is 0.309 e. The fourth-order valence-corrected chi connectivity index (χ4v) is 0.806. The number of aromatic nitrogens is 2. The first-order chi connectivity index (χ1) is 4.63. The third-order valence-corrected chi connectivity index (χ3v) is 1.26. The summed E-state index contributed by atoms with van der Waals surface area (Å²) in [5.41, 5.74) is 5.39. The van der Waals surface area contributed by atoms with E-state index in [1.807, 2.05) is 0 Å². The molecule has 0 aliphatic heterocycles. The van der Waals surface area contributed by atoms with Crippen molar-refractivity contribution in [1.82, 2.24) is 5.16 Å². The number of alkyl halides is 1. The van der Waals surface area contributed by atoms with Crippen LogP contribution in [0.1, 0.15) is 18.0 Å². The summed E-state index contributed by atoms with van der Waals surface area (Å²) >= 11 is 5.55. The summed E-state index contributed by atoms with van der Waals surface area (Å²) in [7, 11) is 0. The van der Waals surface area contributed by atoms with E-state index in [-0.39, 0.29) is 16.4 Å². The van der Waals surface area contributed by atoms with Crippen LogP contribution in [0.3, 0.4) is 0 Å². The maximum Gasteiger partial charge on any atom is 0.309 e. The highest BCUT2D eigenvalue weighted by Gasteiger charge is 2.20. The number of rotatable bonds is 1. The second kappa shape index (κ2) is 2.34. The number of anilines is 1. The Hall–Kier alpha value is -0.970. The van der Waals surface area contributed by atoms with Gasteiger partial charge in [-0.1, -0.05) is 0 Å². The molecule has 1 rings (SSSR count). The molecule has 0 fully saturated rings. The lowest BCUT2D eigenvalue weighted by molar-refractivity contribution is -0.807.